The predicted octanol–water partition coefficient (Wildman–Crippen LogP) is 1.60. The van der Waals surface area contributed by atoms with Gasteiger partial charge in [0.25, 0.3) is 0 Å². The van der Waals surface area contributed by atoms with E-state index >= 15 is 0 Å². The molecule has 1 aromatic carbocycles. The molecule has 0 aliphatic heterocycles. The van der Waals surface area contributed by atoms with Crippen LogP contribution in [-0.4, -0.2) is 23.5 Å². The van der Waals surface area contributed by atoms with Gasteiger partial charge in [0.05, 0.1) is 0 Å². The van der Waals surface area contributed by atoms with E-state index < -0.39 is 5.97 Å². The van der Waals surface area contributed by atoms with Crippen LogP contribution in [-0.2, 0) is 16.0 Å². The third-order valence-electron chi connectivity index (χ3n) is 2.37. The lowest BCUT2D eigenvalue weighted by atomic mass is 10.1. The van der Waals surface area contributed by atoms with Gasteiger partial charge in [0.2, 0.25) is 5.91 Å². The summed E-state index contributed by atoms with van der Waals surface area (Å²) < 4.78 is 0. The van der Waals surface area contributed by atoms with E-state index in [1.807, 2.05) is 30.3 Å². The Hall–Kier alpha value is -1.84. The van der Waals surface area contributed by atoms with Crippen molar-refractivity contribution in [2.45, 2.75) is 25.7 Å². The number of carbonyl (C=O) groups excluding carboxylic acids is 1. The molecule has 1 aromatic rings. The molecular formula is C13H17NO3. The number of carbonyl (C=O) groups is 2. The zero-order valence-electron chi connectivity index (χ0n) is 9.69. The smallest absolute Gasteiger partial charge is 0.303 e. The highest BCUT2D eigenvalue weighted by Crippen LogP contribution is 2.02. The van der Waals surface area contributed by atoms with Crippen LogP contribution in [0.15, 0.2) is 30.3 Å². The maximum atomic E-state index is 11.4. The minimum absolute atomic E-state index is 0.0285. The number of carboxylic acid groups (broad SMARTS) is 1. The lowest BCUT2D eigenvalue weighted by molar-refractivity contribution is -0.137. The molecule has 0 heterocycles. The first kappa shape index (κ1) is 13.2. The van der Waals surface area contributed by atoms with E-state index in [-0.39, 0.29) is 12.3 Å². The molecular weight excluding hydrogens is 218 g/mol. The Bertz CT molecular complexity index is 362. The van der Waals surface area contributed by atoms with Crippen LogP contribution < -0.4 is 5.32 Å². The van der Waals surface area contributed by atoms with Crippen LogP contribution in [0.1, 0.15) is 24.8 Å². The third kappa shape index (κ3) is 6.35. The Balaban J connectivity index is 2.11. The van der Waals surface area contributed by atoms with Gasteiger partial charge in [-0.3, -0.25) is 9.59 Å². The molecule has 0 aliphatic rings. The first-order chi connectivity index (χ1) is 8.18. The molecule has 2 N–H and O–H groups in total. The van der Waals surface area contributed by atoms with Gasteiger partial charge in [0.1, 0.15) is 0 Å². The van der Waals surface area contributed by atoms with E-state index in [1.165, 1.54) is 0 Å². The quantitative estimate of drug-likeness (QED) is 0.705. The summed E-state index contributed by atoms with van der Waals surface area (Å²) in [5.41, 5.74) is 1.13. The number of hydrogen-bond acceptors (Lipinski definition) is 2. The fourth-order valence-corrected chi connectivity index (χ4v) is 1.46. The number of benzene rings is 1. The molecule has 0 fully saturated rings. The van der Waals surface area contributed by atoms with E-state index in [0.29, 0.717) is 25.8 Å². The summed E-state index contributed by atoms with van der Waals surface area (Å²) >= 11 is 0. The van der Waals surface area contributed by atoms with E-state index in [1.54, 1.807) is 0 Å². The molecule has 4 nitrogen and oxygen atoms in total. The highest BCUT2D eigenvalue weighted by molar-refractivity contribution is 5.76. The summed E-state index contributed by atoms with van der Waals surface area (Å²) in [5, 5.41) is 11.1. The van der Waals surface area contributed by atoms with Crippen molar-refractivity contribution in [1.29, 1.82) is 0 Å². The molecule has 17 heavy (non-hydrogen) atoms. The van der Waals surface area contributed by atoms with Gasteiger partial charge in [-0.2, -0.15) is 0 Å². The van der Waals surface area contributed by atoms with Gasteiger partial charge in [0.15, 0.2) is 0 Å². The minimum Gasteiger partial charge on any atom is -0.481 e. The molecule has 0 bridgehead atoms. The van der Waals surface area contributed by atoms with Gasteiger partial charge >= 0.3 is 5.97 Å². The van der Waals surface area contributed by atoms with E-state index in [4.69, 9.17) is 5.11 Å². The van der Waals surface area contributed by atoms with Gasteiger partial charge in [-0.1, -0.05) is 30.3 Å². The predicted molar refractivity (Wildman–Crippen MR) is 64.6 cm³/mol. The van der Waals surface area contributed by atoms with Crippen molar-refractivity contribution in [2.75, 3.05) is 6.54 Å². The van der Waals surface area contributed by atoms with Gasteiger partial charge in [-0.25, -0.2) is 0 Å². The maximum absolute atomic E-state index is 11.4. The van der Waals surface area contributed by atoms with E-state index in [9.17, 15) is 9.59 Å². The zero-order valence-corrected chi connectivity index (χ0v) is 9.69. The number of rotatable bonds is 7. The van der Waals surface area contributed by atoms with Crippen LogP contribution in [0.4, 0.5) is 0 Å². The Kier molecular flexibility index (Phi) is 5.79. The molecule has 92 valence electrons. The lowest BCUT2D eigenvalue weighted by Gasteiger charge is -2.04. The van der Waals surface area contributed by atoms with Crippen molar-refractivity contribution in [2.24, 2.45) is 0 Å². The minimum atomic E-state index is -0.830. The number of carboxylic acids is 1. The van der Waals surface area contributed by atoms with Crippen molar-refractivity contribution in [3.8, 4) is 0 Å². The van der Waals surface area contributed by atoms with E-state index in [2.05, 4.69) is 5.32 Å². The van der Waals surface area contributed by atoms with Crippen molar-refractivity contribution in [3.05, 3.63) is 35.9 Å². The van der Waals surface area contributed by atoms with Gasteiger partial charge in [-0.15, -0.1) is 0 Å². The molecule has 0 saturated heterocycles. The van der Waals surface area contributed by atoms with Crippen molar-refractivity contribution in [1.82, 2.24) is 5.32 Å². The Morgan fingerprint density at radius 3 is 2.47 bits per heavy atom. The van der Waals surface area contributed by atoms with Gasteiger partial charge in [0, 0.05) is 19.4 Å². The second-order valence-corrected chi connectivity index (χ2v) is 3.83. The Morgan fingerprint density at radius 1 is 1.12 bits per heavy atom. The van der Waals surface area contributed by atoms with Gasteiger partial charge < -0.3 is 10.4 Å². The zero-order chi connectivity index (χ0) is 12.5. The Morgan fingerprint density at radius 2 is 1.82 bits per heavy atom. The summed E-state index contributed by atoms with van der Waals surface area (Å²) in [6.45, 7) is 0.430. The van der Waals surface area contributed by atoms with Crippen LogP contribution >= 0.6 is 0 Å². The summed E-state index contributed by atoms with van der Waals surface area (Å²) in [5.74, 6) is -0.859. The summed E-state index contributed by atoms with van der Waals surface area (Å²) in [6.07, 6.45) is 1.73. The highest BCUT2D eigenvalue weighted by atomic mass is 16.4. The number of aliphatic carboxylic acids is 1. The topological polar surface area (TPSA) is 66.4 Å². The highest BCUT2D eigenvalue weighted by Gasteiger charge is 2.02. The standard InChI is InChI=1S/C13H17NO3/c15-12(14-10-4-7-13(16)17)9-8-11-5-2-1-3-6-11/h1-3,5-6H,4,7-10H2,(H,14,15)(H,16,17). The molecule has 0 aliphatic carbocycles. The maximum Gasteiger partial charge on any atom is 0.303 e. The normalized spacial score (nSPS) is 9.88. The SMILES string of the molecule is O=C(O)CCCNC(=O)CCc1ccccc1. The number of nitrogens with one attached hydrogen (secondary N) is 1. The van der Waals surface area contributed by atoms with Crippen molar-refractivity contribution < 1.29 is 14.7 Å². The summed E-state index contributed by atoms with van der Waals surface area (Å²) in [4.78, 5) is 21.6. The molecule has 0 unspecified atom stereocenters. The van der Waals surface area contributed by atoms with Crippen LogP contribution in [0.2, 0.25) is 0 Å². The second-order valence-electron chi connectivity index (χ2n) is 3.83. The molecule has 0 spiro atoms. The molecule has 0 aromatic heterocycles. The molecule has 0 saturated carbocycles. The summed E-state index contributed by atoms with van der Waals surface area (Å²) in [7, 11) is 0. The molecule has 4 heteroatoms. The summed E-state index contributed by atoms with van der Waals surface area (Å²) in [6, 6.07) is 9.80. The van der Waals surface area contributed by atoms with Crippen LogP contribution in [0, 0.1) is 0 Å². The van der Waals surface area contributed by atoms with Crippen molar-refractivity contribution in [3.63, 3.8) is 0 Å². The molecule has 0 radical (unpaired) electrons. The number of aryl methyl sites for hydroxylation is 1. The second kappa shape index (κ2) is 7.44. The third-order valence-corrected chi connectivity index (χ3v) is 2.37. The average molecular weight is 235 g/mol. The molecule has 1 rings (SSSR count). The Labute approximate surface area is 101 Å². The monoisotopic (exact) mass is 235 g/mol. The van der Waals surface area contributed by atoms with Gasteiger partial charge in [-0.05, 0) is 18.4 Å². The fraction of sp³-hybridized carbons (Fsp3) is 0.385. The van der Waals surface area contributed by atoms with Crippen LogP contribution in [0.3, 0.4) is 0 Å². The lowest BCUT2D eigenvalue weighted by Crippen LogP contribution is -2.25. The number of amides is 1. The van der Waals surface area contributed by atoms with Crippen molar-refractivity contribution >= 4 is 11.9 Å². The van der Waals surface area contributed by atoms with E-state index in [0.717, 1.165) is 5.56 Å². The van der Waals surface area contributed by atoms with Crippen LogP contribution in [0.5, 0.6) is 0 Å². The van der Waals surface area contributed by atoms with Crippen LogP contribution in [0.25, 0.3) is 0 Å². The molecule has 1 amide bonds. The first-order valence-electron chi connectivity index (χ1n) is 5.71. The number of hydrogen-bond donors (Lipinski definition) is 2. The largest absolute Gasteiger partial charge is 0.481 e. The molecule has 0 atom stereocenters. The first-order valence-corrected chi connectivity index (χ1v) is 5.71. The fourth-order valence-electron chi connectivity index (χ4n) is 1.46. The average Bonchev–Trinajstić information content (AvgIpc) is 2.33.